The summed E-state index contributed by atoms with van der Waals surface area (Å²) in [5.41, 5.74) is 2.34. The van der Waals surface area contributed by atoms with E-state index in [9.17, 15) is 14.3 Å². The van der Waals surface area contributed by atoms with Crippen LogP contribution in [-0.2, 0) is 11.2 Å². The Morgan fingerprint density at radius 3 is 2.52 bits per heavy atom. The van der Waals surface area contributed by atoms with Crippen LogP contribution in [0.25, 0.3) is 0 Å². The summed E-state index contributed by atoms with van der Waals surface area (Å²) < 4.78 is 18.1. The van der Waals surface area contributed by atoms with Crippen LogP contribution in [0.3, 0.4) is 0 Å². The Balaban J connectivity index is 1.56. The second kappa shape index (κ2) is 7.35. The monoisotopic (exact) mass is 346 g/mol. The zero-order valence-electron chi connectivity index (χ0n) is 14.5. The molecule has 1 aromatic heterocycles. The lowest BCUT2D eigenvalue weighted by molar-refractivity contribution is -0.132. The van der Waals surface area contributed by atoms with Crippen LogP contribution in [0.4, 0.5) is 4.39 Å². The van der Waals surface area contributed by atoms with E-state index in [1.807, 2.05) is 18.7 Å². The van der Waals surface area contributed by atoms with Crippen molar-refractivity contribution in [2.75, 3.05) is 13.1 Å². The second-order valence-electron chi connectivity index (χ2n) is 6.69. The fraction of sp³-hybridized carbons (Fsp3) is 0.474. The smallest absolute Gasteiger partial charge is 0.227 e. The Hall–Kier alpha value is -2.21. The summed E-state index contributed by atoms with van der Waals surface area (Å²) in [5.74, 6) is 0.515. The molecule has 2 heterocycles. The van der Waals surface area contributed by atoms with Crippen LogP contribution in [0, 0.1) is 25.6 Å². The van der Waals surface area contributed by atoms with Gasteiger partial charge in [0.2, 0.25) is 5.91 Å². The molecule has 3 rings (SSSR count). The number of carbonyl (C=O) groups is 1. The minimum Gasteiger partial charge on any atom is -0.388 e. The van der Waals surface area contributed by atoms with Crippen molar-refractivity contribution in [1.29, 1.82) is 0 Å². The van der Waals surface area contributed by atoms with Gasteiger partial charge in [0.15, 0.2) is 0 Å². The average molecular weight is 346 g/mol. The third kappa shape index (κ3) is 3.90. The molecule has 1 fully saturated rings. The van der Waals surface area contributed by atoms with Crippen LogP contribution in [0.15, 0.2) is 28.8 Å². The molecule has 25 heavy (non-hydrogen) atoms. The standard InChI is InChI=1S/C19H23FN2O3/c1-12-17(13(2)25-21-12)11-18(23)22-9-7-15(8-10-22)19(24)14-3-5-16(20)6-4-14/h3-6,15,19,24H,7-11H2,1-2H3/t19-/m0/s1. The normalized spacial score (nSPS) is 16.9. The maximum Gasteiger partial charge on any atom is 0.227 e. The first-order valence-electron chi connectivity index (χ1n) is 8.58. The molecule has 1 amide bonds. The Bertz CT molecular complexity index is 714. The summed E-state index contributed by atoms with van der Waals surface area (Å²) in [6.07, 6.45) is 1.13. The number of benzene rings is 1. The summed E-state index contributed by atoms with van der Waals surface area (Å²) >= 11 is 0. The van der Waals surface area contributed by atoms with Gasteiger partial charge in [-0.3, -0.25) is 4.79 Å². The lowest BCUT2D eigenvalue weighted by atomic mass is 9.87. The van der Waals surface area contributed by atoms with E-state index < -0.39 is 6.10 Å². The molecule has 6 heteroatoms. The van der Waals surface area contributed by atoms with Gasteiger partial charge in [-0.05, 0) is 50.3 Å². The molecule has 5 nitrogen and oxygen atoms in total. The van der Waals surface area contributed by atoms with Crippen LogP contribution in [0.1, 0.15) is 41.5 Å². The molecule has 1 aliphatic rings. The molecule has 1 N–H and O–H groups in total. The molecule has 0 bridgehead atoms. The first-order valence-corrected chi connectivity index (χ1v) is 8.58. The number of carbonyl (C=O) groups excluding carboxylic acids is 1. The molecular weight excluding hydrogens is 323 g/mol. The van der Waals surface area contributed by atoms with E-state index in [4.69, 9.17) is 4.52 Å². The Labute approximate surface area is 146 Å². The maximum atomic E-state index is 13.0. The Kier molecular flexibility index (Phi) is 5.18. The number of aromatic nitrogens is 1. The van der Waals surface area contributed by atoms with Crippen LogP contribution in [-0.4, -0.2) is 34.2 Å². The average Bonchev–Trinajstić information content (AvgIpc) is 2.94. The molecule has 0 aliphatic carbocycles. The molecule has 0 spiro atoms. The number of aliphatic hydroxyl groups excluding tert-OH is 1. The number of rotatable bonds is 4. The van der Waals surface area contributed by atoms with E-state index in [0.717, 1.165) is 29.7 Å². The van der Waals surface area contributed by atoms with Gasteiger partial charge in [0.05, 0.1) is 18.2 Å². The summed E-state index contributed by atoms with van der Waals surface area (Å²) in [7, 11) is 0. The van der Waals surface area contributed by atoms with Gasteiger partial charge in [0.25, 0.3) is 0 Å². The minimum absolute atomic E-state index is 0.0594. The highest BCUT2D eigenvalue weighted by molar-refractivity contribution is 5.79. The lowest BCUT2D eigenvalue weighted by Crippen LogP contribution is -2.40. The van der Waals surface area contributed by atoms with E-state index in [1.165, 1.54) is 12.1 Å². The summed E-state index contributed by atoms with van der Waals surface area (Å²) in [4.78, 5) is 14.3. The number of aliphatic hydroxyl groups is 1. The van der Waals surface area contributed by atoms with Crippen molar-refractivity contribution in [2.45, 2.75) is 39.2 Å². The first-order chi connectivity index (χ1) is 12.0. The molecule has 1 saturated heterocycles. The fourth-order valence-corrected chi connectivity index (χ4v) is 3.41. The number of piperidine rings is 1. The quantitative estimate of drug-likeness (QED) is 0.924. The zero-order valence-corrected chi connectivity index (χ0v) is 14.5. The van der Waals surface area contributed by atoms with Gasteiger partial charge in [0, 0.05) is 18.7 Å². The van der Waals surface area contributed by atoms with E-state index in [2.05, 4.69) is 5.16 Å². The van der Waals surface area contributed by atoms with Crippen molar-refractivity contribution in [3.63, 3.8) is 0 Å². The van der Waals surface area contributed by atoms with Crippen LogP contribution >= 0.6 is 0 Å². The van der Waals surface area contributed by atoms with E-state index in [-0.39, 0.29) is 17.6 Å². The molecule has 1 aromatic carbocycles. The van der Waals surface area contributed by atoms with Crippen LogP contribution in [0.5, 0.6) is 0 Å². The van der Waals surface area contributed by atoms with Gasteiger partial charge in [-0.2, -0.15) is 0 Å². The van der Waals surface area contributed by atoms with Crippen LogP contribution < -0.4 is 0 Å². The van der Waals surface area contributed by atoms with Gasteiger partial charge in [-0.25, -0.2) is 4.39 Å². The molecular formula is C19H23FN2O3. The number of hydrogen-bond acceptors (Lipinski definition) is 4. The van der Waals surface area contributed by atoms with Gasteiger partial charge in [-0.1, -0.05) is 17.3 Å². The number of aryl methyl sites for hydroxylation is 2. The van der Waals surface area contributed by atoms with Crippen molar-refractivity contribution in [1.82, 2.24) is 10.1 Å². The SMILES string of the molecule is Cc1noc(C)c1CC(=O)N1CCC([C@@H](O)c2ccc(F)cc2)CC1. The van der Waals surface area contributed by atoms with Crippen molar-refractivity contribution >= 4 is 5.91 Å². The van der Waals surface area contributed by atoms with Crippen molar-refractivity contribution in [3.8, 4) is 0 Å². The lowest BCUT2D eigenvalue weighted by Gasteiger charge is -2.34. The molecule has 0 saturated carbocycles. The number of amides is 1. The molecule has 2 aromatic rings. The molecule has 1 atom stereocenters. The van der Waals surface area contributed by atoms with Gasteiger partial charge >= 0.3 is 0 Å². The number of halogens is 1. The maximum absolute atomic E-state index is 13.0. The molecule has 134 valence electrons. The summed E-state index contributed by atoms with van der Waals surface area (Å²) in [5, 5.41) is 14.4. The fourth-order valence-electron chi connectivity index (χ4n) is 3.41. The third-order valence-electron chi connectivity index (χ3n) is 5.06. The second-order valence-corrected chi connectivity index (χ2v) is 6.69. The molecule has 1 aliphatic heterocycles. The third-order valence-corrected chi connectivity index (χ3v) is 5.06. The van der Waals surface area contributed by atoms with Crippen LogP contribution in [0.2, 0.25) is 0 Å². The van der Waals surface area contributed by atoms with Crippen molar-refractivity contribution in [3.05, 3.63) is 52.7 Å². The highest BCUT2D eigenvalue weighted by Crippen LogP contribution is 2.31. The van der Waals surface area contributed by atoms with Gasteiger partial charge < -0.3 is 14.5 Å². The van der Waals surface area contributed by atoms with E-state index >= 15 is 0 Å². The number of hydrogen-bond donors (Lipinski definition) is 1. The highest BCUT2D eigenvalue weighted by atomic mass is 19.1. The predicted octanol–water partition coefficient (Wildman–Crippen LogP) is 2.95. The molecule has 0 radical (unpaired) electrons. The van der Waals surface area contributed by atoms with E-state index in [0.29, 0.717) is 25.3 Å². The number of likely N-dealkylation sites (tertiary alicyclic amines) is 1. The summed E-state index contributed by atoms with van der Waals surface area (Å²) in [6.45, 7) is 4.88. The largest absolute Gasteiger partial charge is 0.388 e. The Morgan fingerprint density at radius 2 is 1.96 bits per heavy atom. The van der Waals surface area contributed by atoms with Gasteiger partial charge in [-0.15, -0.1) is 0 Å². The summed E-state index contributed by atoms with van der Waals surface area (Å²) in [6, 6.07) is 5.96. The Morgan fingerprint density at radius 1 is 1.32 bits per heavy atom. The predicted molar refractivity (Wildman–Crippen MR) is 90.3 cm³/mol. The van der Waals surface area contributed by atoms with Gasteiger partial charge in [0.1, 0.15) is 11.6 Å². The first kappa shape index (κ1) is 17.6. The zero-order chi connectivity index (χ0) is 18.0. The topological polar surface area (TPSA) is 66.6 Å². The number of nitrogens with zero attached hydrogens (tertiary/aromatic N) is 2. The van der Waals surface area contributed by atoms with Crippen molar-refractivity contribution < 1.29 is 18.8 Å². The molecule has 0 unspecified atom stereocenters. The van der Waals surface area contributed by atoms with Crippen molar-refractivity contribution in [2.24, 2.45) is 5.92 Å². The highest BCUT2D eigenvalue weighted by Gasteiger charge is 2.29. The van der Waals surface area contributed by atoms with E-state index in [1.54, 1.807) is 12.1 Å². The minimum atomic E-state index is -0.625.